The lowest BCUT2D eigenvalue weighted by atomic mass is 9.77. The number of rotatable bonds is 3. The molecule has 1 aromatic carbocycles. The normalized spacial score (nSPS) is 26.2. The van der Waals surface area contributed by atoms with Crippen LogP contribution < -0.4 is 5.32 Å². The van der Waals surface area contributed by atoms with Crippen LogP contribution >= 0.6 is 0 Å². The van der Waals surface area contributed by atoms with Crippen LogP contribution in [0.1, 0.15) is 49.7 Å². The van der Waals surface area contributed by atoms with Crippen molar-refractivity contribution in [3.63, 3.8) is 0 Å². The van der Waals surface area contributed by atoms with E-state index in [1.807, 2.05) is 0 Å². The van der Waals surface area contributed by atoms with Gasteiger partial charge >= 0.3 is 0 Å². The third-order valence-corrected chi connectivity index (χ3v) is 4.44. The molecule has 86 valence electrons. The van der Waals surface area contributed by atoms with E-state index in [9.17, 15) is 0 Å². The lowest BCUT2D eigenvalue weighted by Crippen LogP contribution is -2.43. The summed E-state index contributed by atoms with van der Waals surface area (Å²) in [5.41, 5.74) is 3.58. The number of fused-ring (bicyclic) bond motifs is 1. The molecule has 0 heterocycles. The SMILES string of the molecule is CC1(NCC2Cc3ccccc32)CCCC1. The lowest BCUT2D eigenvalue weighted by Gasteiger charge is -2.34. The van der Waals surface area contributed by atoms with Crippen molar-refractivity contribution >= 4 is 0 Å². The monoisotopic (exact) mass is 215 g/mol. The van der Waals surface area contributed by atoms with Crippen LogP contribution in [0.25, 0.3) is 0 Å². The van der Waals surface area contributed by atoms with Gasteiger partial charge < -0.3 is 5.32 Å². The molecule has 1 unspecified atom stereocenters. The summed E-state index contributed by atoms with van der Waals surface area (Å²) in [7, 11) is 0. The van der Waals surface area contributed by atoms with Crippen molar-refractivity contribution in [2.75, 3.05) is 6.54 Å². The number of nitrogens with one attached hydrogen (secondary N) is 1. The fraction of sp³-hybridized carbons (Fsp3) is 0.600. The standard InChI is InChI=1S/C15H21N/c1-15(8-4-5-9-15)16-11-13-10-12-6-2-3-7-14(12)13/h2-3,6-7,13,16H,4-5,8-11H2,1H3. The predicted molar refractivity (Wildman–Crippen MR) is 67.8 cm³/mol. The van der Waals surface area contributed by atoms with Gasteiger partial charge in [0.2, 0.25) is 0 Å². The second-order valence-corrected chi connectivity index (χ2v) is 5.75. The van der Waals surface area contributed by atoms with Gasteiger partial charge in [-0.15, -0.1) is 0 Å². The first-order chi connectivity index (χ1) is 7.77. The average Bonchev–Trinajstić information content (AvgIpc) is 2.67. The van der Waals surface area contributed by atoms with Crippen LogP contribution in [0.2, 0.25) is 0 Å². The van der Waals surface area contributed by atoms with Crippen LogP contribution in [-0.2, 0) is 6.42 Å². The number of benzene rings is 1. The second-order valence-electron chi connectivity index (χ2n) is 5.75. The Hall–Kier alpha value is -0.820. The van der Waals surface area contributed by atoms with E-state index in [0.29, 0.717) is 5.54 Å². The molecule has 3 rings (SSSR count). The van der Waals surface area contributed by atoms with E-state index in [2.05, 4.69) is 36.5 Å². The Kier molecular flexibility index (Phi) is 2.51. The summed E-state index contributed by atoms with van der Waals surface area (Å²) >= 11 is 0. The highest BCUT2D eigenvalue weighted by molar-refractivity contribution is 5.40. The Morgan fingerprint density at radius 3 is 2.75 bits per heavy atom. The van der Waals surface area contributed by atoms with Gasteiger partial charge in [-0.05, 0) is 37.3 Å². The van der Waals surface area contributed by atoms with Gasteiger partial charge in [0.25, 0.3) is 0 Å². The molecular formula is C15H21N. The van der Waals surface area contributed by atoms with Gasteiger partial charge in [-0.1, -0.05) is 37.1 Å². The highest BCUT2D eigenvalue weighted by atomic mass is 15.0. The molecule has 1 nitrogen and oxygen atoms in total. The van der Waals surface area contributed by atoms with Crippen molar-refractivity contribution in [2.45, 2.75) is 50.5 Å². The van der Waals surface area contributed by atoms with Gasteiger partial charge in [0.15, 0.2) is 0 Å². The Labute approximate surface area is 98.3 Å². The molecule has 1 heteroatoms. The smallest absolute Gasteiger partial charge is 0.0153 e. The molecule has 0 aliphatic heterocycles. The molecule has 16 heavy (non-hydrogen) atoms. The van der Waals surface area contributed by atoms with Crippen LogP contribution in [0.4, 0.5) is 0 Å². The quantitative estimate of drug-likeness (QED) is 0.816. The molecule has 1 fully saturated rings. The van der Waals surface area contributed by atoms with E-state index < -0.39 is 0 Å². The van der Waals surface area contributed by atoms with Crippen molar-refractivity contribution < 1.29 is 0 Å². The van der Waals surface area contributed by atoms with Gasteiger partial charge in [-0.2, -0.15) is 0 Å². The van der Waals surface area contributed by atoms with Crippen LogP contribution in [0.5, 0.6) is 0 Å². The average molecular weight is 215 g/mol. The summed E-state index contributed by atoms with van der Waals surface area (Å²) in [6, 6.07) is 8.88. The zero-order valence-electron chi connectivity index (χ0n) is 10.1. The fourth-order valence-corrected chi connectivity index (χ4v) is 3.25. The van der Waals surface area contributed by atoms with Crippen molar-refractivity contribution in [2.24, 2.45) is 0 Å². The van der Waals surface area contributed by atoms with E-state index in [-0.39, 0.29) is 0 Å². The highest BCUT2D eigenvalue weighted by Crippen LogP contribution is 2.36. The van der Waals surface area contributed by atoms with Crippen molar-refractivity contribution in [1.82, 2.24) is 5.32 Å². The molecule has 0 saturated heterocycles. The molecule has 0 amide bonds. The molecule has 1 atom stereocenters. The van der Waals surface area contributed by atoms with Crippen molar-refractivity contribution in [3.8, 4) is 0 Å². The zero-order valence-corrected chi connectivity index (χ0v) is 10.1. The maximum absolute atomic E-state index is 3.80. The van der Waals surface area contributed by atoms with E-state index in [0.717, 1.165) is 5.92 Å². The largest absolute Gasteiger partial charge is 0.311 e. The Balaban J connectivity index is 1.58. The molecule has 1 N–H and O–H groups in total. The van der Waals surface area contributed by atoms with Crippen LogP contribution in [-0.4, -0.2) is 12.1 Å². The van der Waals surface area contributed by atoms with E-state index in [1.54, 1.807) is 11.1 Å². The summed E-state index contributed by atoms with van der Waals surface area (Å²) in [5.74, 6) is 0.772. The minimum absolute atomic E-state index is 0.435. The summed E-state index contributed by atoms with van der Waals surface area (Å²) in [6.07, 6.45) is 6.82. The minimum Gasteiger partial charge on any atom is -0.311 e. The lowest BCUT2D eigenvalue weighted by molar-refractivity contribution is 0.344. The molecule has 2 aliphatic carbocycles. The third-order valence-electron chi connectivity index (χ3n) is 4.44. The molecule has 0 spiro atoms. The Morgan fingerprint density at radius 2 is 2.00 bits per heavy atom. The predicted octanol–water partition coefficient (Wildman–Crippen LogP) is 3.25. The zero-order chi connectivity index (χ0) is 11.0. The van der Waals surface area contributed by atoms with E-state index >= 15 is 0 Å². The van der Waals surface area contributed by atoms with Crippen LogP contribution in [0.3, 0.4) is 0 Å². The Bertz CT molecular complexity index is 377. The van der Waals surface area contributed by atoms with Crippen molar-refractivity contribution in [3.05, 3.63) is 35.4 Å². The topological polar surface area (TPSA) is 12.0 Å². The first-order valence-electron chi connectivity index (χ1n) is 6.60. The summed E-state index contributed by atoms with van der Waals surface area (Å²) < 4.78 is 0. The van der Waals surface area contributed by atoms with E-state index in [4.69, 9.17) is 0 Å². The molecular weight excluding hydrogens is 194 g/mol. The van der Waals surface area contributed by atoms with Gasteiger partial charge in [0.1, 0.15) is 0 Å². The summed E-state index contributed by atoms with van der Waals surface area (Å²) in [5, 5.41) is 3.80. The van der Waals surface area contributed by atoms with Gasteiger partial charge in [0.05, 0.1) is 0 Å². The maximum atomic E-state index is 3.80. The first kappa shape index (κ1) is 10.3. The molecule has 2 aliphatic rings. The van der Waals surface area contributed by atoms with Gasteiger partial charge in [0, 0.05) is 18.0 Å². The van der Waals surface area contributed by atoms with Crippen LogP contribution in [0, 0.1) is 0 Å². The molecule has 1 aromatic rings. The fourth-order valence-electron chi connectivity index (χ4n) is 3.25. The third kappa shape index (κ3) is 1.78. The molecule has 1 saturated carbocycles. The van der Waals surface area contributed by atoms with Gasteiger partial charge in [-0.3, -0.25) is 0 Å². The highest BCUT2D eigenvalue weighted by Gasteiger charge is 2.31. The maximum Gasteiger partial charge on any atom is 0.0153 e. The number of hydrogen-bond acceptors (Lipinski definition) is 1. The van der Waals surface area contributed by atoms with E-state index in [1.165, 1.54) is 38.6 Å². The molecule has 0 aromatic heterocycles. The molecule has 0 radical (unpaired) electrons. The molecule has 0 bridgehead atoms. The summed E-state index contributed by atoms with van der Waals surface area (Å²) in [4.78, 5) is 0. The minimum atomic E-state index is 0.435. The van der Waals surface area contributed by atoms with Crippen molar-refractivity contribution in [1.29, 1.82) is 0 Å². The number of hydrogen-bond donors (Lipinski definition) is 1. The van der Waals surface area contributed by atoms with Crippen LogP contribution in [0.15, 0.2) is 24.3 Å². The van der Waals surface area contributed by atoms with Gasteiger partial charge in [-0.25, -0.2) is 0 Å². The first-order valence-corrected chi connectivity index (χ1v) is 6.60. The Morgan fingerprint density at radius 1 is 1.25 bits per heavy atom. The second kappa shape index (κ2) is 3.89. The summed E-state index contributed by atoms with van der Waals surface area (Å²) in [6.45, 7) is 3.57.